The Hall–Kier alpha value is -2.67. The first-order valence-corrected chi connectivity index (χ1v) is 7.01. The molecule has 0 saturated heterocycles. The van der Waals surface area contributed by atoms with Crippen LogP contribution in [0.3, 0.4) is 0 Å². The van der Waals surface area contributed by atoms with Crippen molar-refractivity contribution in [2.24, 2.45) is 0 Å². The van der Waals surface area contributed by atoms with Crippen LogP contribution in [0.15, 0.2) is 90.0 Å². The summed E-state index contributed by atoms with van der Waals surface area (Å²) in [5.41, 5.74) is 5.54. The van der Waals surface area contributed by atoms with Crippen molar-refractivity contribution in [3.63, 3.8) is 0 Å². The second-order valence-corrected chi connectivity index (χ2v) is 5.14. The number of benzene rings is 2. The molecule has 0 radical (unpaired) electrons. The fraction of sp³-hybridized carbons (Fsp3) is 0.0500. The minimum Gasteiger partial charge on any atom is -0.289 e. The molecular formula is C20H16O. The lowest BCUT2D eigenvalue weighted by atomic mass is 10.0. The molecule has 0 aliphatic heterocycles. The van der Waals surface area contributed by atoms with E-state index in [9.17, 15) is 4.79 Å². The lowest BCUT2D eigenvalue weighted by molar-refractivity contribution is -0.111. The van der Waals surface area contributed by atoms with Gasteiger partial charge in [-0.2, -0.15) is 0 Å². The molecule has 2 aromatic rings. The zero-order valence-corrected chi connectivity index (χ0v) is 11.9. The quantitative estimate of drug-likeness (QED) is 0.738. The summed E-state index contributed by atoms with van der Waals surface area (Å²) in [5.74, 6) is 0.185. The molecule has 2 aromatic carbocycles. The molecular weight excluding hydrogens is 256 g/mol. The lowest BCUT2D eigenvalue weighted by Crippen LogP contribution is -1.89. The predicted molar refractivity (Wildman–Crippen MR) is 86.9 cm³/mol. The van der Waals surface area contributed by atoms with E-state index in [0.29, 0.717) is 0 Å². The van der Waals surface area contributed by atoms with Gasteiger partial charge < -0.3 is 0 Å². The van der Waals surface area contributed by atoms with Gasteiger partial charge in [-0.05, 0) is 18.1 Å². The summed E-state index contributed by atoms with van der Waals surface area (Å²) in [6.45, 7) is 2.11. The summed E-state index contributed by atoms with van der Waals surface area (Å²) in [5, 5.41) is 0. The highest BCUT2D eigenvalue weighted by molar-refractivity contribution is 6.17. The van der Waals surface area contributed by atoms with Crippen LogP contribution in [0.1, 0.15) is 5.56 Å². The third-order valence-corrected chi connectivity index (χ3v) is 3.57. The van der Waals surface area contributed by atoms with Gasteiger partial charge in [0.05, 0.1) is 0 Å². The Labute approximate surface area is 124 Å². The summed E-state index contributed by atoms with van der Waals surface area (Å²) in [4.78, 5) is 10.8. The van der Waals surface area contributed by atoms with Crippen LogP contribution in [-0.2, 0) is 4.79 Å². The second-order valence-electron chi connectivity index (χ2n) is 5.14. The van der Waals surface area contributed by atoms with E-state index >= 15 is 0 Å². The Bertz CT molecular complexity index is 720. The van der Waals surface area contributed by atoms with Crippen molar-refractivity contribution in [3.05, 3.63) is 95.6 Å². The van der Waals surface area contributed by atoms with E-state index in [4.69, 9.17) is 0 Å². The molecule has 0 aromatic heterocycles. The number of carbonyl (C=O) groups excluding carboxylic acids is 1. The average Bonchev–Trinajstić information content (AvgIpc) is 3.07. The van der Waals surface area contributed by atoms with Crippen molar-refractivity contribution >= 4 is 5.78 Å². The zero-order valence-electron chi connectivity index (χ0n) is 11.9. The van der Waals surface area contributed by atoms with Gasteiger partial charge in [0, 0.05) is 11.1 Å². The van der Waals surface area contributed by atoms with Crippen molar-refractivity contribution in [2.45, 2.75) is 6.92 Å². The zero-order chi connectivity index (χ0) is 14.7. The van der Waals surface area contributed by atoms with Gasteiger partial charge >= 0.3 is 0 Å². The standard InChI is InChI=1S/C13H12.C7H4O/c1-11-7-9-13(10-8-11)12-5-3-2-4-6-12;8-7-5-1-2-6(7)4-3-5/h2-10H,1H3;1-4H. The van der Waals surface area contributed by atoms with Crippen LogP contribution in [0.4, 0.5) is 0 Å². The molecule has 0 N–H and O–H groups in total. The lowest BCUT2D eigenvalue weighted by Gasteiger charge is -2.00. The van der Waals surface area contributed by atoms with E-state index in [1.54, 1.807) is 0 Å². The summed E-state index contributed by atoms with van der Waals surface area (Å²) in [6, 6.07) is 19.0. The maximum Gasteiger partial charge on any atom is 0.193 e. The Morgan fingerprint density at radius 1 is 0.667 bits per heavy atom. The van der Waals surface area contributed by atoms with Crippen LogP contribution < -0.4 is 0 Å². The number of aryl methyl sites for hydroxylation is 1. The Morgan fingerprint density at radius 2 is 1.19 bits per heavy atom. The topological polar surface area (TPSA) is 17.1 Å². The molecule has 1 heteroatoms. The third kappa shape index (κ3) is 2.92. The second kappa shape index (κ2) is 5.76. The molecule has 4 rings (SSSR count). The Morgan fingerprint density at radius 3 is 1.62 bits per heavy atom. The molecule has 2 bridgehead atoms. The first-order valence-electron chi connectivity index (χ1n) is 7.01. The molecule has 2 aliphatic carbocycles. The molecule has 0 heterocycles. The minimum absolute atomic E-state index is 0.185. The average molecular weight is 272 g/mol. The van der Waals surface area contributed by atoms with Gasteiger partial charge in [0.1, 0.15) is 0 Å². The van der Waals surface area contributed by atoms with Crippen molar-refractivity contribution < 1.29 is 4.79 Å². The molecule has 0 saturated carbocycles. The van der Waals surface area contributed by atoms with E-state index < -0.39 is 0 Å². The maximum absolute atomic E-state index is 10.8. The number of ketones is 1. The molecule has 0 fully saturated rings. The van der Waals surface area contributed by atoms with Gasteiger partial charge in [0.25, 0.3) is 0 Å². The van der Waals surface area contributed by atoms with Gasteiger partial charge in [0.2, 0.25) is 0 Å². The van der Waals surface area contributed by atoms with E-state index in [2.05, 4.69) is 55.5 Å². The Kier molecular flexibility index (Phi) is 3.65. The fourth-order valence-electron chi connectivity index (χ4n) is 2.32. The number of fused-ring (bicyclic) bond motifs is 2. The Balaban J connectivity index is 0.000000140. The molecule has 1 nitrogen and oxygen atoms in total. The normalized spacial score (nSPS) is 14.4. The van der Waals surface area contributed by atoms with Crippen LogP contribution in [0.5, 0.6) is 0 Å². The van der Waals surface area contributed by atoms with Gasteiger partial charge in [-0.3, -0.25) is 4.79 Å². The van der Waals surface area contributed by atoms with Gasteiger partial charge in [0.15, 0.2) is 5.78 Å². The smallest absolute Gasteiger partial charge is 0.193 e. The van der Waals surface area contributed by atoms with E-state index in [0.717, 1.165) is 11.1 Å². The fourth-order valence-corrected chi connectivity index (χ4v) is 2.32. The van der Waals surface area contributed by atoms with Crippen LogP contribution in [0, 0.1) is 6.92 Å². The monoisotopic (exact) mass is 272 g/mol. The first-order chi connectivity index (χ1) is 10.2. The van der Waals surface area contributed by atoms with Gasteiger partial charge in [-0.15, -0.1) is 0 Å². The highest BCUT2D eigenvalue weighted by Gasteiger charge is 2.19. The van der Waals surface area contributed by atoms with Crippen molar-refractivity contribution in [2.75, 3.05) is 0 Å². The molecule has 0 spiro atoms. The van der Waals surface area contributed by atoms with Gasteiger partial charge in [-0.25, -0.2) is 0 Å². The molecule has 102 valence electrons. The highest BCUT2D eigenvalue weighted by atomic mass is 16.1. The van der Waals surface area contributed by atoms with E-state index in [1.165, 1.54) is 16.7 Å². The molecule has 0 amide bonds. The van der Waals surface area contributed by atoms with Crippen LogP contribution >= 0.6 is 0 Å². The number of hydrogen-bond donors (Lipinski definition) is 0. The minimum atomic E-state index is 0.185. The summed E-state index contributed by atoms with van der Waals surface area (Å²) < 4.78 is 0. The third-order valence-electron chi connectivity index (χ3n) is 3.57. The number of rotatable bonds is 1. The van der Waals surface area contributed by atoms with Crippen LogP contribution in [-0.4, -0.2) is 5.78 Å². The molecule has 0 unspecified atom stereocenters. The number of Topliss-reactive ketones (excluding diaryl/α,β-unsaturated/α-hetero) is 1. The van der Waals surface area contributed by atoms with E-state index in [1.807, 2.05) is 30.4 Å². The predicted octanol–water partition coefficient (Wildman–Crippen LogP) is 4.65. The van der Waals surface area contributed by atoms with E-state index in [-0.39, 0.29) is 5.78 Å². The molecule has 0 atom stereocenters. The summed E-state index contributed by atoms with van der Waals surface area (Å²) >= 11 is 0. The molecule has 21 heavy (non-hydrogen) atoms. The van der Waals surface area contributed by atoms with Crippen molar-refractivity contribution in [3.8, 4) is 11.1 Å². The summed E-state index contributed by atoms with van der Waals surface area (Å²) in [6.07, 6.45) is 7.38. The number of carbonyl (C=O) groups is 1. The highest BCUT2D eigenvalue weighted by Crippen LogP contribution is 2.23. The van der Waals surface area contributed by atoms with Crippen molar-refractivity contribution in [1.82, 2.24) is 0 Å². The summed E-state index contributed by atoms with van der Waals surface area (Å²) in [7, 11) is 0. The first kappa shape index (κ1) is 13.3. The largest absolute Gasteiger partial charge is 0.289 e. The molecule has 2 aliphatic rings. The number of allylic oxidation sites excluding steroid dienone is 6. The maximum atomic E-state index is 10.8. The van der Waals surface area contributed by atoms with Gasteiger partial charge in [-0.1, -0.05) is 84.5 Å². The SMILES string of the molecule is Cc1ccc(-c2ccccc2)cc1.O=C1C2=CC=C1C=C2. The van der Waals surface area contributed by atoms with Crippen molar-refractivity contribution in [1.29, 1.82) is 0 Å². The van der Waals surface area contributed by atoms with Crippen LogP contribution in [0.2, 0.25) is 0 Å². The van der Waals surface area contributed by atoms with Crippen LogP contribution in [0.25, 0.3) is 11.1 Å². The number of hydrogen-bond acceptors (Lipinski definition) is 1.